The Bertz CT molecular complexity index is 1430. The molecule has 4 aromatic rings. The van der Waals surface area contributed by atoms with E-state index in [-0.39, 0.29) is 11.0 Å². The molecule has 2 aromatic heterocycles. The predicted molar refractivity (Wildman–Crippen MR) is 138 cm³/mol. The Hall–Kier alpha value is -4.11. The van der Waals surface area contributed by atoms with Gasteiger partial charge in [-0.05, 0) is 75.0 Å². The Morgan fingerprint density at radius 2 is 1.71 bits per heavy atom. The molecular formula is C26H25N3O5S. The summed E-state index contributed by atoms with van der Waals surface area (Å²) in [6.07, 6.45) is 1.68. The molecule has 4 rings (SSSR count). The third-order valence-corrected chi connectivity index (χ3v) is 5.60. The van der Waals surface area contributed by atoms with Crippen molar-refractivity contribution < 1.29 is 23.4 Å². The van der Waals surface area contributed by atoms with Gasteiger partial charge in [-0.2, -0.15) is 0 Å². The standard InChI is InChI=1S/C26H25N3O5S/c1-14-10-17(34-22-8-9-27-21-13-24(32-5)23(31-4)12-19(21)22)6-7-20(14)28-26(35)29-25(30)18-11-15(2)33-16(18)3/h6-13H,1-5H3,(H2,28,29,30,35). The van der Waals surface area contributed by atoms with Crippen LogP contribution >= 0.6 is 12.2 Å². The Balaban J connectivity index is 1.49. The van der Waals surface area contributed by atoms with Crippen LogP contribution in [0.3, 0.4) is 0 Å². The molecule has 9 heteroatoms. The Morgan fingerprint density at radius 3 is 2.37 bits per heavy atom. The third kappa shape index (κ3) is 5.20. The first-order valence-electron chi connectivity index (χ1n) is 10.8. The second-order valence-electron chi connectivity index (χ2n) is 7.85. The minimum atomic E-state index is -0.328. The SMILES string of the molecule is COc1cc2nccc(Oc3ccc(NC(=S)NC(=O)c4cc(C)oc4C)c(C)c3)c2cc1OC. The van der Waals surface area contributed by atoms with Crippen molar-refractivity contribution in [3.8, 4) is 23.0 Å². The first-order chi connectivity index (χ1) is 16.8. The molecule has 2 aromatic carbocycles. The number of nitrogens with zero attached hydrogens (tertiary/aromatic N) is 1. The summed E-state index contributed by atoms with van der Waals surface area (Å²) in [6, 6.07) is 12.6. The van der Waals surface area contributed by atoms with E-state index in [1.54, 1.807) is 52.5 Å². The number of rotatable bonds is 6. The maximum absolute atomic E-state index is 12.5. The quantitative estimate of drug-likeness (QED) is 0.332. The van der Waals surface area contributed by atoms with E-state index < -0.39 is 0 Å². The molecule has 35 heavy (non-hydrogen) atoms. The van der Waals surface area contributed by atoms with Crippen molar-refractivity contribution >= 4 is 39.8 Å². The highest BCUT2D eigenvalue weighted by atomic mass is 32.1. The van der Waals surface area contributed by atoms with Crippen LogP contribution in [0, 0.1) is 20.8 Å². The number of fused-ring (bicyclic) bond motifs is 1. The van der Waals surface area contributed by atoms with Gasteiger partial charge in [-0.1, -0.05) is 0 Å². The van der Waals surface area contributed by atoms with Crippen LogP contribution in [-0.2, 0) is 0 Å². The summed E-state index contributed by atoms with van der Waals surface area (Å²) in [4.78, 5) is 16.9. The van der Waals surface area contributed by atoms with Gasteiger partial charge in [0.25, 0.3) is 5.91 Å². The van der Waals surface area contributed by atoms with Crippen LogP contribution in [0.15, 0.2) is 53.1 Å². The highest BCUT2D eigenvalue weighted by Gasteiger charge is 2.16. The highest BCUT2D eigenvalue weighted by molar-refractivity contribution is 7.80. The summed E-state index contributed by atoms with van der Waals surface area (Å²) in [5, 5.41) is 6.72. The monoisotopic (exact) mass is 491 g/mol. The average molecular weight is 492 g/mol. The molecule has 8 nitrogen and oxygen atoms in total. The lowest BCUT2D eigenvalue weighted by Gasteiger charge is -2.15. The molecule has 2 N–H and O–H groups in total. The van der Waals surface area contributed by atoms with E-state index in [1.807, 2.05) is 31.2 Å². The molecule has 0 saturated carbocycles. The van der Waals surface area contributed by atoms with Crippen LogP contribution in [0.25, 0.3) is 10.9 Å². The van der Waals surface area contributed by atoms with Crippen molar-refractivity contribution in [3.05, 3.63) is 71.3 Å². The largest absolute Gasteiger partial charge is 0.493 e. The Kier molecular flexibility index (Phi) is 6.88. The molecule has 0 unspecified atom stereocenters. The molecule has 2 heterocycles. The number of anilines is 1. The fraction of sp³-hybridized carbons (Fsp3) is 0.192. The molecule has 0 spiro atoms. The van der Waals surface area contributed by atoms with Crippen molar-refractivity contribution in [2.24, 2.45) is 0 Å². The van der Waals surface area contributed by atoms with E-state index in [9.17, 15) is 4.79 Å². The smallest absolute Gasteiger partial charge is 0.260 e. The summed E-state index contributed by atoms with van der Waals surface area (Å²) in [5.74, 6) is 3.32. The molecule has 1 amide bonds. The first kappa shape index (κ1) is 24.0. The number of pyridine rings is 1. The number of hydrogen-bond donors (Lipinski definition) is 2. The fourth-order valence-electron chi connectivity index (χ4n) is 3.68. The molecule has 0 fully saturated rings. The number of amides is 1. The van der Waals surface area contributed by atoms with Crippen molar-refractivity contribution in [1.29, 1.82) is 0 Å². The lowest BCUT2D eigenvalue weighted by atomic mass is 10.1. The molecule has 0 bridgehead atoms. The fourth-order valence-corrected chi connectivity index (χ4v) is 3.89. The van der Waals surface area contributed by atoms with Crippen LogP contribution in [0.2, 0.25) is 0 Å². The Labute approximate surface area is 208 Å². The molecule has 0 atom stereocenters. The van der Waals surface area contributed by atoms with E-state index in [1.165, 1.54) is 0 Å². The maximum atomic E-state index is 12.5. The van der Waals surface area contributed by atoms with Gasteiger partial charge in [0.15, 0.2) is 16.6 Å². The zero-order valence-electron chi connectivity index (χ0n) is 20.0. The van der Waals surface area contributed by atoms with Gasteiger partial charge in [0.05, 0.1) is 25.3 Å². The lowest BCUT2D eigenvalue weighted by Crippen LogP contribution is -2.34. The topological polar surface area (TPSA) is 94.9 Å². The number of thiocarbonyl (C=S) groups is 1. The van der Waals surface area contributed by atoms with Gasteiger partial charge in [-0.15, -0.1) is 0 Å². The summed E-state index contributed by atoms with van der Waals surface area (Å²) in [7, 11) is 3.17. The molecule has 0 aliphatic rings. The van der Waals surface area contributed by atoms with Gasteiger partial charge in [0.2, 0.25) is 0 Å². The molecule has 0 aliphatic heterocycles. The van der Waals surface area contributed by atoms with E-state index in [0.29, 0.717) is 40.1 Å². The van der Waals surface area contributed by atoms with Crippen LogP contribution in [0.4, 0.5) is 5.69 Å². The second-order valence-corrected chi connectivity index (χ2v) is 8.26. The third-order valence-electron chi connectivity index (χ3n) is 5.39. The summed E-state index contributed by atoms with van der Waals surface area (Å²) in [6.45, 7) is 5.44. The van der Waals surface area contributed by atoms with E-state index in [0.717, 1.165) is 22.2 Å². The van der Waals surface area contributed by atoms with E-state index in [4.69, 9.17) is 30.8 Å². The minimum absolute atomic E-state index is 0.186. The number of ether oxygens (including phenoxy) is 3. The zero-order valence-corrected chi connectivity index (χ0v) is 20.8. The van der Waals surface area contributed by atoms with Crippen molar-refractivity contribution in [1.82, 2.24) is 10.3 Å². The molecular weight excluding hydrogens is 466 g/mol. The number of nitrogens with one attached hydrogen (secondary N) is 2. The number of furan rings is 1. The van der Waals surface area contributed by atoms with Gasteiger partial charge in [-0.3, -0.25) is 15.1 Å². The number of aromatic nitrogens is 1. The minimum Gasteiger partial charge on any atom is -0.493 e. The summed E-state index contributed by atoms with van der Waals surface area (Å²) in [5.41, 5.74) is 2.80. The van der Waals surface area contributed by atoms with Gasteiger partial charge >= 0.3 is 0 Å². The number of hydrogen-bond acceptors (Lipinski definition) is 7. The predicted octanol–water partition coefficient (Wildman–Crippen LogP) is 5.69. The van der Waals surface area contributed by atoms with Crippen molar-refractivity contribution in [3.63, 3.8) is 0 Å². The summed E-state index contributed by atoms with van der Waals surface area (Å²) >= 11 is 5.32. The second kappa shape index (κ2) is 10.0. The molecule has 0 radical (unpaired) electrons. The van der Waals surface area contributed by atoms with Gasteiger partial charge in [-0.25, -0.2) is 0 Å². The van der Waals surface area contributed by atoms with Gasteiger partial charge in [0, 0.05) is 23.3 Å². The highest BCUT2D eigenvalue weighted by Crippen LogP contribution is 2.37. The van der Waals surface area contributed by atoms with Crippen molar-refractivity contribution in [2.45, 2.75) is 20.8 Å². The lowest BCUT2D eigenvalue weighted by molar-refractivity contribution is 0.0976. The van der Waals surface area contributed by atoms with Crippen LogP contribution < -0.4 is 24.8 Å². The van der Waals surface area contributed by atoms with E-state index >= 15 is 0 Å². The van der Waals surface area contributed by atoms with E-state index in [2.05, 4.69) is 15.6 Å². The van der Waals surface area contributed by atoms with Crippen molar-refractivity contribution in [2.75, 3.05) is 19.5 Å². The van der Waals surface area contributed by atoms with Gasteiger partial charge in [0.1, 0.15) is 23.0 Å². The Morgan fingerprint density at radius 1 is 0.971 bits per heavy atom. The maximum Gasteiger partial charge on any atom is 0.260 e. The number of aryl methyl sites for hydroxylation is 3. The summed E-state index contributed by atoms with van der Waals surface area (Å²) < 4.78 is 22.4. The zero-order chi connectivity index (χ0) is 25.1. The van der Waals surface area contributed by atoms with Crippen LogP contribution in [-0.4, -0.2) is 30.2 Å². The number of carbonyl (C=O) groups is 1. The normalized spacial score (nSPS) is 10.7. The number of carbonyl (C=O) groups excluding carboxylic acids is 1. The first-order valence-corrected chi connectivity index (χ1v) is 11.2. The van der Waals surface area contributed by atoms with Gasteiger partial charge < -0.3 is 23.9 Å². The molecule has 180 valence electrons. The molecule has 0 aliphatic carbocycles. The van der Waals surface area contributed by atoms with Crippen LogP contribution in [0.1, 0.15) is 27.4 Å². The van der Waals surface area contributed by atoms with Crippen LogP contribution in [0.5, 0.6) is 23.0 Å². The molecule has 0 saturated heterocycles. The number of benzene rings is 2. The average Bonchev–Trinajstić information content (AvgIpc) is 3.18. The number of methoxy groups -OCH3 is 2.